The number of hydrogen-bond donors (Lipinski definition) is 1. The van der Waals surface area contributed by atoms with Crippen LogP contribution in [-0.2, 0) is 0 Å². The first kappa shape index (κ1) is 15.9. The highest BCUT2D eigenvalue weighted by molar-refractivity contribution is 5.00. The van der Waals surface area contributed by atoms with Gasteiger partial charge in [0.1, 0.15) is 0 Å². The van der Waals surface area contributed by atoms with Gasteiger partial charge in [-0.05, 0) is 38.8 Å². The molecule has 0 spiro atoms. The third kappa shape index (κ3) is 3.69. The smallest absolute Gasteiger partial charge is 0.0357 e. The molecule has 1 aliphatic carbocycles. The Labute approximate surface area is 114 Å². The Kier molecular flexibility index (Phi) is 6.09. The predicted octanol–water partition coefficient (Wildman–Crippen LogP) is 2.02. The Morgan fingerprint density at radius 3 is 2.33 bits per heavy atom. The van der Waals surface area contributed by atoms with Crippen molar-refractivity contribution in [3.05, 3.63) is 0 Å². The first-order valence-corrected chi connectivity index (χ1v) is 7.52. The molecule has 2 N–H and O–H groups in total. The molecule has 0 saturated heterocycles. The van der Waals surface area contributed by atoms with Crippen LogP contribution in [0, 0.1) is 11.8 Å². The van der Waals surface area contributed by atoms with Gasteiger partial charge in [-0.25, -0.2) is 0 Å². The van der Waals surface area contributed by atoms with Crippen molar-refractivity contribution in [2.75, 3.05) is 40.3 Å². The summed E-state index contributed by atoms with van der Waals surface area (Å²) in [5, 5.41) is 0. The molecule has 18 heavy (non-hydrogen) atoms. The van der Waals surface area contributed by atoms with Crippen LogP contribution >= 0.6 is 0 Å². The molecule has 2 unspecified atom stereocenters. The van der Waals surface area contributed by atoms with E-state index in [-0.39, 0.29) is 5.54 Å². The molecule has 2 atom stereocenters. The zero-order valence-electron chi connectivity index (χ0n) is 13.1. The van der Waals surface area contributed by atoms with Crippen molar-refractivity contribution in [1.82, 2.24) is 9.80 Å². The lowest BCUT2D eigenvalue weighted by atomic mass is 9.85. The Bertz CT molecular complexity index is 240. The summed E-state index contributed by atoms with van der Waals surface area (Å²) in [4.78, 5) is 4.96. The van der Waals surface area contributed by atoms with Crippen LogP contribution in [0.15, 0.2) is 0 Å². The Morgan fingerprint density at radius 2 is 1.94 bits per heavy atom. The topological polar surface area (TPSA) is 32.5 Å². The van der Waals surface area contributed by atoms with Gasteiger partial charge in [0.15, 0.2) is 0 Å². The van der Waals surface area contributed by atoms with Gasteiger partial charge in [-0.15, -0.1) is 0 Å². The zero-order valence-corrected chi connectivity index (χ0v) is 13.1. The van der Waals surface area contributed by atoms with Crippen molar-refractivity contribution >= 4 is 0 Å². The number of hydrogen-bond acceptors (Lipinski definition) is 3. The predicted molar refractivity (Wildman–Crippen MR) is 79.8 cm³/mol. The van der Waals surface area contributed by atoms with E-state index in [0.29, 0.717) is 5.92 Å². The van der Waals surface area contributed by atoms with Gasteiger partial charge in [0.05, 0.1) is 0 Å². The maximum absolute atomic E-state index is 6.19. The van der Waals surface area contributed by atoms with Crippen molar-refractivity contribution in [2.24, 2.45) is 17.6 Å². The van der Waals surface area contributed by atoms with Crippen LogP contribution in [0.1, 0.15) is 40.0 Å². The zero-order chi connectivity index (χ0) is 13.8. The van der Waals surface area contributed by atoms with Crippen molar-refractivity contribution in [3.8, 4) is 0 Å². The van der Waals surface area contributed by atoms with Crippen LogP contribution in [0.2, 0.25) is 0 Å². The molecule has 0 aromatic carbocycles. The minimum Gasteiger partial charge on any atom is -0.329 e. The highest BCUT2D eigenvalue weighted by atomic mass is 15.2. The monoisotopic (exact) mass is 255 g/mol. The van der Waals surface area contributed by atoms with E-state index >= 15 is 0 Å². The molecule has 0 aliphatic heterocycles. The van der Waals surface area contributed by atoms with Crippen LogP contribution in [0.3, 0.4) is 0 Å². The molecule has 1 aliphatic rings. The first-order chi connectivity index (χ1) is 8.42. The number of nitrogens with zero attached hydrogens (tertiary/aromatic N) is 2. The number of likely N-dealkylation sites (N-methyl/N-ethyl adjacent to an activating group) is 1. The summed E-state index contributed by atoms with van der Waals surface area (Å²) in [5.41, 5.74) is 6.45. The number of rotatable bonds is 7. The standard InChI is InChI=1S/C15H33N3/c1-13(2)11-18(10-9-17(4)5)15(12-16)8-6-7-14(15)3/h13-14H,6-12,16H2,1-5H3. The van der Waals surface area contributed by atoms with E-state index in [4.69, 9.17) is 5.73 Å². The van der Waals surface area contributed by atoms with E-state index in [9.17, 15) is 0 Å². The molecular formula is C15H33N3. The molecular weight excluding hydrogens is 222 g/mol. The third-order valence-electron chi connectivity index (χ3n) is 4.55. The van der Waals surface area contributed by atoms with Gasteiger partial charge in [0.25, 0.3) is 0 Å². The second kappa shape index (κ2) is 6.88. The van der Waals surface area contributed by atoms with Gasteiger partial charge in [-0.2, -0.15) is 0 Å². The lowest BCUT2D eigenvalue weighted by Gasteiger charge is -2.45. The molecule has 0 heterocycles. The SMILES string of the molecule is CC(C)CN(CCN(C)C)C1(CN)CCCC1C. The maximum atomic E-state index is 6.19. The van der Waals surface area contributed by atoms with E-state index in [0.717, 1.165) is 25.6 Å². The Morgan fingerprint density at radius 1 is 1.28 bits per heavy atom. The summed E-state index contributed by atoms with van der Waals surface area (Å²) in [6.07, 6.45) is 3.97. The van der Waals surface area contributed by atoms with E-state index < -0.39 is 0 Å². The van der Waals surface area contributed by atoms with E-state index in [1.54, 1.807) is 0 Å². The van der Waals surface area contributed by atoms with Crippen molar-refractivity contribution in [2.45, 2.75) is 45.6 Å². The molecule has 0 aromatic rings. The van der Waals surface area contributed by atoms with Gasteiger partial charge in [0, 0.05) is 31.7 Å². The van der Waals surface area contributed by atoms with Gasteiger partial charge in [0.2, 0.25) is 0 Å². The third-order valence-corrected chi connectivity index (χ3v) is 4.55. The van der Waals surface area contributed by atoms with Crippen LogP contribution in [0.4, 0.5) is 0 Å². The lowest BCUT2D eigenvalue weighted by Crippen LogP contribution is -2.58. The maximum Gasteiger partial charge on any atom is 0.0357 e. The van der Waals surface area contributed by atoms with Crippen molar-refractivity contribution < 1.29 is 0 Å². The molecule has 3 nitrogen and oxygen atoms in total. The average Bonchev–Trinajstić information content (AvgIpc) is 2.66. The summed E-state index contributed by atoms with van der Waals surface area (Å²) in [5.74, 6) is 1.45. The minimum atomic E-state index is 0.264. The fourth-order valence-electron chi connectivity index (χ4n) is 3.39. The molecule has 1 rings (SSSR count). The molecule has 1 fully saturated rings. The Hall–Kier alpha value is -0.120. The quantitative estimate of drug-likeness (QED) is 0.755. The molecule has 108 valence electrons. The Balaban J connectivity index is 2.78. The summed E-state index contributed by atoms with van der Waals surface area (Å²) < 4.78 is 0. The molecule has 0 amide bonds. The highest BCUT2D eigenvalue weighted by Gasteiger charge is 2.43. The lowest BCUT2D eigenvalue weighted by molar-refractivity contribution is 0.0468. The van der Waals surface area contributed by atoms with Crippen molar-refractivity contribution in [1.29, 1.82) is 0 Å². The average molecular weight is 255 g/mol. The summed E-state index contributed by atoms with van der Waals surface area (Å²) in [6.45, 7) is 11.3. The van der Waals surface area contributed by atoms with E-state index in [2.05, 4.69) is 44.7 Å². The number of nitrogens with two attached hydrogens (primary N) is 1. The molecule has 0 bridgehead atoms. The highest BCUT2D eigenvalue weighted by Crippen LogP contribution is 2.39. The fraction of sp³-hybridized carbons (Fsp3) is 1.00. The second-order valence-electron chi connectivity index (χ2n) is 6.74. The van der Waals surface area contributed by atoms with Crippen LogP contribution in [0.5, 0.6) is 0 Å². The van der Waals surface area contributed by atoms with Gasteiger partial charge in [-0.1, -0.05) is 27.2 Å². The van der Waals surface area contributed by atoms with Crippen molar-refractivity contribution in [3.63, 3.8) is 0 Å². The second-order valence-corrected chi connectivity index (χ2v) is 6.74. The first-order valence-electron chi connectivity index (χ1n) is 7.52. The molecule has 3 heteroatoms. The summed E-state index contributed by atoms with van der Waals surface area (Å²) in [6, 6.07) is 0. The largest absolute Gasteiger partial charge is 0.329 e. The summed E-state index contributed by atoms with van der Waals surface area (Å²) in [7, 11) is 4.31. The van der Waals surface area contributed by atoms with E-state index in [1.165, 1.54) is 25.8 Å². The van der Waals surface area contributed by atoms with Crippen LogP contribution < -0.4 is 5.73 Å². The molecule has 0 aromatic heterocycles. The van der Waals surface area contributed by atoms with Gasteiger partial charge in [-0.3, -0.25) is 4.90 Å². The van der Waals surface area contributed by atoms with Crippen LogP contribution in [-0.4, -0.2) is 55.6 Å². The van der Waals surface area contributed by atoms with Gasteiger partial charge < -0.3 is 10.6 Å². The molecule has 0 radical (unpaired) electrons. The fourth-order valence-corrected chi connectivity index (χ4v) is 3.39. The minimum absolute atomic E-state index is 0.264. The van der Waals surface area contributed by atoms with Crippen LogP contribution in [0.25, 0.3) is 0 Å². The van der Waals surface area contributed by atoms with Gasteiger partial charge >= 0.3 is 0 Å². The van der Waals surface area contributed by atoms with E-state index in [1.807, 2.05) is 0 Å². The normalized spacial score (nSPS) is 28.8. The molecule has 1 saturated carbocycles. The summed E-state index contributed by atoms with van der Waals surface area (Å²) >= 11 is 0.